The fourth-order valence-electron chi connectivity index (χ4n) is 0.889. The Hall–Kier alpha value is -0.220. The van der Waals surface area contributed by atoms with E-state index in [2.05, 4.69) is 19.6 Å². The number of carbonyl (C=O) groups excluding carboxylic acids is 1. The van der Waals surface area contributed by atoms with Gasteiger partial charge in [0.15, 0.2) is 0 Å². The summed E-state index contributed by atoms with van der Waals surface area (Å²) >= 11 is 3.99. The molecule has 78 valence electrons. The van der Waals surface area contributed by atoms with Gasteiger partial charge < -0.3 is 10.5 Å². The van der Waals surface area contributed by atoms with Gasteiger partial charge in [-0.25, -0.2) is 0 Å². The van der Waals surface area contributed by atoms with Crippen LogP contribution in [0.4, 0.5) is 0 Å². The van der Waals surface area contributed by atoms with Crippen molar-refractivity contribution in [3.05, 3.63) is 0 Å². The second kappa shape index (κ2) is 8.38. The van der Waals surface area contributed by atoms with Gasteiger partial charge in [0.05, 0.1) is 6.61 Å². The van der Waals surface area contributed by atoms with Crippen molar-refractivity contribution >= 4 is 18.6 Å². The van der Waals surface area contributed by atoms with Gasteiger partial charge in [-0.2, -0.15) is 12.6 Å². The first-order valence-electron chi connectivity index (χ1n) is 4.75. The molecule has 0 amide bonds. The van der Waals surface area contributed by atoms with Crippen LogP contribution in [0.2, 0.25) is 0 Å². The molecule has 1 atom stereocenters. The van der Waals surface area contributed by atoms with Crippen molar-refractivity contribution in [2.24, 2.45) is 5.73 Å². The molecule has 4 heteroatoms. The van der Waals surface area contributed by atoms with Crippen molar-refractivity contribution in [2.75, 3.05) is 12.4 Å². The van der Waals surface area contributed by atoms with Gasteiger partial charge in [-0.3, -0.25) is 4.79 Å². The van der Waals surface area contributed by atoms with E-state index >= 15 is 0 Å². The minimum absolute atomic E-state index is 0.301. The SMILES string of the molecule is CCCCCOC(=O)C(N)CCS. The lowest BCUT2D eigenvalue weighted by atomic mass is 10.2. The summed E-state index contributed by atoms with van der Waals surface area (Å²) in [5.41, 5.74) is 5.52. The third-order valence-electron chi connectivity index (χ3n) is 1.74. The maximum absolute atomic E-state index is 11.1. The smallest absolute Gasteiger partial charge is 0.322 e. The zero-order valence-corrected chi connectivity index (χ0v) is 9.06. The topological polar surface area (TPSA) is 52.3 Å². The molecule has 0 aromatic heterocycles. The number of thiol groups is 1. The largest absolute Gasteiger partial charge is 0.465 e. The third kappa shape index (κ3) is 6.90. The van der Waals surface area contributed by atoms with Crippen LogP contribution in [-0.4, -0.2) is 24.4 Å². The summed E-state index contributed by atoms with van der Waals surface area (Å²) in [5.74, 6) is 0.316. The number of ether oxygens (including phenoxy) is 1. The molecule has 0 aliphatic rings. The number of hydrogen-bond donors (Lipinski definition) is 2. The number of carbonyl (C=O) groups is 1. The van der Waals surface area contributed by atoms with Crippen molar-refractivity contribution in [3.63, 3.8) is 0 Å². The molecule has 2 N–H and O–H groups in total. The minimum Gasteiger partial charge on any atom is -0.465 e. The average molecular weight is 205 g/mol. The van der Waals surface area contributed by atoms with Crippen LogP contribution >= 0.6 is 12.6 Å². The van der Waals surface area contributed by atoms with Gasteiger partial charge in [0.25, 0.3) is 0 Å². The molecule has 0 saturated carbocycles. The Morgan fingerprint density at radius 3 is 2.77 bits per heavy atom. The second-order valence-corrected chi connectivity index (χ2v) is 3.44. The maximum atomic E-state index is 11.1. The van der Waals surface area contributed by atoms with Crippen LogP contribution in [0, 0.1) is 0 Å². The number of esters is 1. The van der Waals surface area contributed by atoms with Gasteiger partial charge in [0, 0.05) is 0 Å². The molecule has 0 aromatic carbocycles. The Balaban J connectivity index is 3.38. The quantitative estimate of drug-likeness (QED) is 0.375. The summed E-state index contributed by atoms with van der Waals surface area (Å²) in [6, 6.07) is -0.501. The fourth-order valence-corrected chi connectivity index (χ4v) is 1.17. The van der Waals surface area contributed by atoms with Crippen LogP contribution in [0.15, 0.2) is 0 Å². The summed E-state index contributed by atoms with van der Waals surface area (Å²) in [7, 11) is 0. The number of hydrogen-bond acceptors (Lipinski definition) is 4. The molecule has 0 rings (SSSR count). The lowest BCUT2D eigenvalue weighted by Crippen LogP contribution is -2.32. The van der Waals surface area contributed by atoms with Crippen LogP contribution in [0.1, 0.15) is 32.6 Å². The Labute approximate surface area is 85.4 Å². The fraction of sp³-hybridized carbons (Fsp3) is 0.889. The zero-order valence-electron chi connectivity index (χ0n) is 8.16. The van der Waals surface area contributed by atoms with Crippen molar-refractivity contribution in [2.45, 2.75) is 38.6 Å². The van der Waals surface area contributed by atoms with E-state index in [0.29, 0.717) is 18.8 Å². The van der Waals surface area contributed by atoms with E-state index in [1.54, 1.807) is 0 Å². The standard InChI is InChI=1S/C9H19NO2S/c1-2-3-4-6-12-9(11)8(10)5-7-13/h8,13H,2-7,10H2,1H3. The molecule has 0 fully saturated rings. The summed E-state index contributed by atoms with van der Waals surface area (Å²) in [6.07, 6.45) is 3.72. The van der Waals surface area contributed by atoms with E-state index in [9.17, 15) is 4.79 Å². The predicted molar refractivity (Wildman–Crippen MR) is 56.9 cm³/mol. The highest BCUT2D eigenvalue weighted by atomic mass is 32.1. The first kappa shape index (κ1) is 12.8. The Morgan fingerprint density at radius 1 is 1.54 bits per heavy atom. The van der Waals surface area contributed by atoms with Crippen LogP contribution in [0.25, 0.3) is 0 Å². The molecule has 0 saturated heterocycles. The summed E-state index contributed by atoms with van der Waals surface area (Å²) in [5, 5.41) is 0. The molecule has 0 aliphatic heterocycles. The lowest BCUT2D eigenvalue weighted by Gasteiger charge is -2.09. The van der Waals surface area contributed by atoms with Crippen LogP contribution < -0.4 is 5.73 Å². The molecule has 0 spiro atoms. The molecule has 0 bridgehead atoms. The van der Waals surface area contributed by atoms with E-state index in [1.807, 2.05) is 0 Å². The lowest BCUT2D eigenvalue weighted by molar-refractivity contribution is -0.145. The van der Waals surface area contributed by atoms with Gasteiger partial charge in [0.2, 0.25) is 0 Å². The average Bonchev–Trinajstić information content (AvgIpc) is 2.12. The highest BCUT2D eigenvalue weighted by Crippen LogP contribution is 1.98. The monoisotopic (exact) mass is 205 g/mol. The Kier molecular flexibility index (Phi) is 8.24. The van der Waals surface area contributed by atoms with Gasteiger partial charge >= 0.3 is 5.97 Å². The van der Waals surface area contributed by atoms with Crippen LogP contribution in [0.5, 0.6) is 0 Å². The van der Waals surface area contributed by atoms with E-state index in [0.717, 1.165) is 19.3 Å². The number of nitrogens with two attached hydrogens (primary N) is 1. The normalized spacial score (nSPS) is 12.5. The van der Waals surface area contributed by atoms with Gasteiger partial charge in [-0.15, -0.1) is 0 Å². The predicted octanol–water partition coefficient (Wildman–Crippen LogP) is 1.37. The van der Waals surface area contributed by atoms with Crippen molar-refractivity contribution in [1.29, 1.82) is 0 Å². The van der Waals surface area contributed by atoms with E-state index in [4.69, 9.17) is 10.5 Å². The minimum atomic E-state index is -0.501. The first-order valence-corrected chi connectivity index (χ1v) is 5.38. The number of rotatable bonds is 7. The Bertz CT molecular complexity index is 142. The summed E-state index contributed by atoms with van der Waals surface area (Å²) in [6.45, 7) is 2.60. The van der Waals surface area contributed by atoms with Gasteiger partial charge in [-0.1, -0.05) is 19.8 Å². The number of unbranched alkanes of at least 4 members (excludes halogenated alkanes) is 2. The second-order valence-electron chi connectivity index (χ2n) is 2.99. The van der Waals surface area contributed by atoms with E-state index < -0.39 is 6.04 Å². The maximum Gasteiger partial charge on any atom is 0.322 e. The zero-order chi connectivity index (χ0) is 10.1. The van der Waals surface area contributed by atoms with Crippen LogP contribution in [-0.2, 0) is 9.53 Å². The van der Waals surface area contributed by atoms with Crippen molar-refractivity contribution in [3.8, 4) is 0 Å². The summed E-state index contributed by atoms with van der Waals surface area (Å²) in [4.78, 5) is 11.1. The highest BCUT2D eigenvalue weighted by molar-refractivity contribution is 7.80. The molecule has 0 radical (unpaired) electrons. The van der Waals surface area contributed by atoms with Crippen LogP contribution in [0.3, 0.4) is 0 Å². The van der Waals surface area contributed by atoms with Crippen molar-refractivity contribution in [1.82, 2.24) is 0 Å². The van der Waals surface area contributed by atoms with Gasteiger partial charge in [-0.05, 0) is 18.6 Å². The molecular formula is C9H19NO2S. The molecule has 0 heterocycles. The molecular weight excluding hydrogens is 186 g/mol. The summed E-state index contributed by atoms with van der Waals surface area (Å²) < 4.78 is 4.96. The van der Waals surface area contributed by atoms with Crippen molar-refractivity contribution < 1.29 is 9.53 Å². The molecule has 0 aromatic rings. The van der Waals surface area contributed by atoms with E-state index in [-0.39, 0.29) is 5.97 Å². The van der Waals surface area contributed by atoms with E-state index in [1.165, 1.54) is 0 Å². The Morgan fingerprint density at radius 2 is 2.23 bits per heavy atom. The van der Waals surface area contributed by atoms with Gasteiger partial charge in [0.1, 0.15) is 6.04 Å². The molecule has 13 heavy (non-hydrogen) atoms. The third-order valence-corrected chi connectivity index (χ3v) is 1.99. The molecule has 3 nitrogen and oxygen atoms in total. The first-order chi connectivity index (χ1) is 6.22. The highest BCUT2D eigenvalue weighted by Gasteiger charge is 2.12. The molecule has 1 unspecified atom stereocenters. The molecule has 0 aliphatic carbocycles.